The van der Waals surface area contributed by atoms with Gasteiger partial charge in [0.05, 0.1) is 7.11 Å². The third-order valence-electron chi connectivity index (χ3n) is 2.84. The largest absolute Gasteiger partial charge is 0.494 e. The quantitative estimate of drug-likeness (QED) is 0.863. The maximum atomic E-state index is 6.21. The third-order valence-corrected chi connectivity index (χ3v) is 2.84. The van der Waals surface area contributed by atoms with Crippen LogP contribution in [-0.2, 0) is 5.54 Å². The Morgan fingerprint density at radius 3 is 2.59 bits per heavy atom. The number of nitrogens with zero attached hydrogens (tertiary/aromatic N) is 1. The second kappa shape index (κ2) is 4.00. The predicted molar refractivity (Wildman–Crippen MR) is 70.2 cm³/mol. The van der Waals surface area contributed by atoms with E-state index in [1.165, 1.54) is 0 Å². The zero-order chi connectivity index (χ0) is 12.6. The molecule has 0 amide bonds. The number of pyridine rings is 1. The van der Waals surface area contributed by atoms with Crippen molar-refractivity contribution in [2.45, 2.75) is 26.3 Å². The Hall–Kier alpha value is -1.61. The van der Waals surface area contributed by atoms with Crippen molar-refractivity contribution in [2.24, 2.45) is 5.73 Å². The summed E-state index contributed by atoms with van der Waals surface area (Å²) in [6.07, 6.45) is 0. The molecule has 0 spiro atoms. The Morgan fingerprint density at radius 2 is 2.00 bits per heavy atom. The zero-order valence-electron chi connectivity index (χ0n) is 10.7. The van der Waals surface area contributed by atoms with Crippen molar-refractivity contribution in [2.75, 3.05) is 7.11 Å². The number of aryl methyl sites for hydroxylation is 1. The van der Waals surface area contributed by atoms with E-state index in [0.29, 0.717) is 0 Å². The van der Waals surface area contributed by atoms with Crippen molar-refractivity contribution in [3.63, 3.8) is 0 Å². The Balaban J connectivity index is 2.86. The van der Waals surface area contributed by atoms with Gasteiger partial charge >= 0.3 is 0 Å². The summed E-state index contributed by atoms with van der Waals surface area (Å²) in [6, 6.07) is 7.96. The van der Waals surface area contributed by atoms with Gasteiger partial charge in [-0.05, 0) is 38.5 Å². The number of ether oxygens (including phenoxy) is 1. The van der Waals surface area contributed by atoms with Gasteiger partial charge in [-0.15, -0.1) is 0 Å². The van der Waals surface area contributed by atoms with E-state index in [1.54, 1.807) is 7.11 Å². The van der Waals surface area contributed by atoms with E-state index >= 15 is 0 Å². The van der Waals surface area contributed by atoms with Gasteiger partial charge < -0.3 is 10.5 Å². The van der Waals surface area contributed by atoms with E-state index in [4.69, 9.17) is 10.5 Å². The fourth-order valence-electron chi connectivity index (χ4n) is 2.05. The molecule has 0 bridgehead atoms. The standard InChI is InChI=1S/C14H18N2O/c1-9-8-11(14(2,3)15)10-6-5-7-12(17-4)13(10)16-9/h5-8H,15H2,1-4H3. The molecule has 0 saturated heterocycles. The molecule has 2 aromatic rings. The van der Waals surface area contributed by atoms with Gasteiger partial charge in [0, 0.05) is 16.6 Å². The fraction of sp³-hybridized carbons (Fsp3) is 0.357. The minimum atomic E-state index is -0.391. The molecule has 0 radical (unpaired) electrons. The molecule has 1 aromatic heterocycles. The molecule has 1 heterocycles. The van der Waals surface area contributed by atoms with Crippen LogP contribution < -0.4 is 10.5 Å². The maximum Gasteiger partial charge on any atom is 0.145 e. The molecule has 0 saturated carbocycles. The number of fused-ring (bicyclic) bond motifs is 1. The Labute approximate surface area is 102 Å². The number of methoxy groups -OCH3 is 1. The predicted octanol–water partition coefficient (Wildman–Crippen LogP) is 2.75. The van der Waals surface area contributed by atoms with Crippen molar-refractivity contribution < 1.29 is 4.74 Å². The van der Waals surface area contributed by atoms with Gasteiger partial charge in [-0.25, -0.2) is 4.98 Å². The third kappa shape index (κ3) is 2.11. The molecule has 1 aromatic carbocycles. The number of aromatic nitrogens is 1. The van der Waals surface area contributed by atoms with Crippen molar-refractivity contribution >= 4 is 10.9 Å². The fourth-order valence-corrected chi connectivity index (χ4v) is 2.05. The van der Waals surface area contributed by atoms with Crippen molar-refractivity contribution in [3.8, 4) is 5.75 Å². The molecule has 0 unspecified atom stereocenters. The lowest BCUT2D eigenvalue weighted by Gasteiger charge is -2.22. The van der Waals surface area contributed by atoms with Gasteiger partial charge in [-0.1, -0.05) is 12.1 Å². The molecular formula is C14H18N2O. The summed E-state index contributed by atoms with van der Waals surface area (Å²) >= 11 is 0. The molecule has 0 atom stereocenters. The van der Waals surface area contributed by atoms with Crippen LogP contribution in [0.5, 0.6) is 5.75 Å². The first-order chi connectivity index (χ1) is 7.93. The molecular weight excluding hydrogens is 212 g/mol. The number of hydrogen-bond acceptors (Lipinski definition) is 3. The second-order valence-corrected chi connectivity index (χ2v) is 4.89. The number of para-hydroxylation sites is 1. The average molecular weight is 230 g/mol. The van der Waals surface area contributed by atoms with E-state index in [1.807, 2.05) is 45.0 Å². The van der Waals surface area contributed by atoms with Crippen LogP contribution in [0.25, 0.3) is 10.9 Å². The minimum absolute atomic E-state index is 0.391. The normalized spacial score (nSPS) is 11.8. The monoisotopic (exact) mass is 230 g/mol. The van der Waals surface area contributed by atoms with Crippen LogP contribution in [0.3, 0.4) is 0 Å². The summed E-state index contributed by atoms with van der Waals surface area (Å²) < 4.78 is 5.35. The summed E-state index contributed by atoms with van der Waals surface area (Å²) in [4.78, 5) is 4.54. The van der Waals surface area contributed by atoms with Crippen LogP contribution in [0.15, 0.2) is 24.3 Å². The topological polar surface area (TPSA) is 48.1 Å². The van der Waals surface area contributed by atoms with Crippen LogP contribution in [0, 0.1) is 6.92 Å². The van der Waals surface area contributed by atoms with E-state index in [0.717, 1.165) is 27.9 Å². The molecule has 0 fully saturated rings. The van der Waals surface area contributed by atoms with E-state index in [-0.39, 0.29) is 0 Å². The molecule has 2 N–H and O–H groups in total. The molecule has 3 heteroatoms. The summed E-state index contributed by atoms with van der Waals surface area (Å²) in [5.74, 6) is 0.789. The summed E-state index contributed by atoms with van der Waals surface area (Å²) in [7, 11) is 1.66. The van der Waals surface area contributed by atoms with Crippen molar-refractivity contribution in [1.82, 2.24) is 4.98 Å². The Morgan fingerprint density at radius 1 is 1.29 bits per heavy atom. The van der Waals surface area contributed by atoms with Crippen molar-refractivity contribution in [3.05, 3.63) is 35.5 Å². The molecule has 0 aliphatic heterocycles. The number of hydrogen-bond donors (Lipinski definition) is 1. The number of rotatable bonds is 2. The lowest BCUT2D eigenvalue weighted by atomic mass is 9.91. The van der Waals surface area contributed by atoms with Gasteiger partial charge in [0.1, 0.15) is 11.3 Å². The van der Waals surface area contributed by atoms with Gasteiger partial charge in [0.25, 0.3) is 0 Å². The molecule has 2 rings (SSSR count). The first kappa shape index (κ1) is 11.9. The summed E-state index contributed by atoms with van der Waals surface area (Å²) in [5.41, 5.74) is 8.75. The van der Waals surface area contributed by atoms with Crippen LogP contribution >= 0.6 is 0 Å². The van der Waals surface area contributed by atoms with Crippen LogP contribution in [0.1, 0.15) is 25.1 Å². The van der Waals surface area contributed by atoms with Crippen LogP contribution in [0.2, 0.25) is 0 Å². The van der Waals surface area contributed by atoms with Gasteiger partial charge in [-0.2, -0.15) is 0 Å². The average Bonchev–Trinajstić information content (AvgIpc) is 2.26. The number of nitrogens with two attached hydrogens (primary N) is 1. The van der Waals surface area contributed by atoms with E-state index in [9.17, 15) is 0 Å². The molecule has 0 aliphatic carbocycles. The molecule has 3 nitrogen and oxygen atoms in total. The van der Waals surface area contributed by atoms with Crippen molar-refractivity contribution in [1.29, 1.82) is 0 Å². The molecule has 17 heavy (non-hydrogen) atoms. The number of benzene rings is 1. The highest BCUT2D eigenvalue weighted by atomic mass is 16.5. The zero-order valence-corrected chi connectivity index (χ0v) is 10.7. The van der Waals surface area contributed by atoms with E-state index < -0.39 is 5.54 Å². The summed E-state index contributed by atoms with van der Waals surface area (Å²) in [5, 5.41) is 1.06. The smallest absolute Gasteiger partial charge is 0.145 e. The minimum Gasteiger partial charge on any atom is -0.494 e. The van der Waals surface area contributed by atoms with E-state index in [2.05, 4.69) is 4.98 Å². The maximum absolute atomic E-state index is 6.21. The first-order valence-electron chi connectivity index (χ1n) is 5.67. The highest BCUT2D eigenvalue weighted by Crippen LogP contribution is 2.31. The molecule has 0 aliphatic rings. The lowest BCUT2D eigenvalue weighted by molar-refractivity contribution is 0.418. The van der Waals surface area contributed by atoms with Crippen LogP contribution in [-0.4, -0.2) is 12.1 Å². The SMILES string of the molecule is COc1cccc2c(C(C)(C)N)cc(C)nc12. The lowest BCUT2D eigenvalue weighted by Crippen LogP contribution is -2.29. The Kier molecular flexibility index (Phi) is 2.79. The Bertz CT molecular complexity index is 556. The summed E-state index contributed by atoms with van der Waals surface area (Å²) in [6.45, 7) is 5.97. The van der Waals surface area contributed by atoms with Crippen LogP contribution in [0.4, 0.5) is 0 Å². The highest BCUT2D eigenvalue weighted by molar-refractivity contribution is 5.88. The van der Waals surface area contributed by atoms with Gasteiger partial charge in [-0.3, -0.25) is 0 Å². The highest BCUT2D eigenvalue weighted by Gasteiger charge is 2.19. The second-order valence-electron chi connectivity index (χ2n) is 4.89. The van der Waals surface area contributed by atoms with Gasteiger partial charge in [0.2, 0.25) is 0 Å². The first-order valence-corrected chi connectivity index (χ1v) is 5.67. The van der Waals surface area contributed by atoms with Gasteiger partial charge in [0.15, 0.2) is 0 Å². The molecule has 90 valence electrons.